The molecule has 0 spiro atoms. The topological polar surface area (TPSA) is 47.4 Å². The lowest BCUT2D eigenvalue weighted by Gasteiger charge is -2.43. The Balaban J connectivity index is 1.84. The molecule has 0 fully saturated rings. The molecule has 5 nitrogen and oxygen atoms in total. The van der Waals surface area contributed by atoms with E-state index in [0.717, 1.165) is 17.5 Å². The summed E-state index contributed by atoms with van der Waals surface area (Å²) >= 11 is 0. The van der Waals surface area contributed by atoms with Crippen LogP contribution < -0.4 is 0 Å². The highest BCUT2D eigenvalue weighted by Gasteiger charge is 2.37. The van der Waals surface area contributed by atoms with Gasteiger partial charge in [-0.3, -0.25) is 0 Å². The average molecular weight is 474 g/mol. The molecule has 3 aromatic rings. The lowest BCUT2D eigenvalue weighted by molar-refractivity contribution is 0.0543. The van der Waals surface area contributed by atoms with Crippen LogP contribution in [-0.4, -0.2) is 39.9 Å². The van der Waals surface area contributed by atoms with Gasteiger partial charge < -0.3 is 9.64 Å². The van der Waals surface area contributed by atoms with Gasteiger partial charge in [-0.25, -0.2) is 14.3 Å². The van der Waals surface area contributed by atoms with Crippen molar-refractivity contribution in [3.63, 3.8) is 0 Å². The van der Waals surface area contributed by atoms with E-state index in [0.29, 0.717) is 5.65 Å². The number of hydrogen-bond donors (Lipinski definition) is 0. The predicted octanol–water partition coefficient (Wildman–Crippen LogP) is 6.87. The summed E-state index contributed by atoms with van der Waals surface area (Å²) in [5.74, 6) is 0. The number of allylic oxidation sites excluding steroid dienone is 2. The van der Waals surface area contributed by atoms with E-state index in [1.807, 2.05) is 33.0 Å². The molecule has 6 heteroatoms. The molecule has 1 unspecified atom stereocenters. The Morgan fingerprint density at radius 2 is 1.79 bits per heavy atom. The fourth-order valence-electron chi connectivity index (χ4n) is 4.74. The summed E-state index contributed by atoms with van der Waals surface area (Å²) < 4.78 is 7.26. The number of ether oxygens (including phenoxy) is 1. The van der Waals surface area contributed by atoms with Gasteiger partial charge in [0.1, 0.15) is 11.2 Å². The molecule has 178 valence electrons. The van der Waals surface area contributed by atoms with Crippen molar-refractivity contribution < 1.29 is 9.53 Å². The van der Waals surface area contributed by atoms with Crippen LogP contribution in [0.5, 0.6) is 0 Å². The van der Waals surface area contributed by atoms with E-state index in [4.69, 9.17) is 4.74 Å². The first-order valence-corrected chi connectivity index (χ1v) is 15.4. The van der Waals surface area contributed by atoms with Crippen LogP contribution in [0, 0.1) is 0 Å². The fourth-order valence-corrected chi connectivity index (χ4v) is 7.07. The van der Waals surface area contributed by atoms with Crippen molar-refractivity contribution in [2.75, 3.05) is 0 Å². The van der Waals surface area contributed by atoms with E-state index in [9.17, 15) is 4.79 Å². The number of rotatable bonds is 4. The van der Waals surface area contributed by atoms with Gasteiger partial charge in [-0.2, -0.15) is 0 Å². The fraction of sp³-hybridized carbons (Fsp3) is 0.357. The second-order valence-corrected chi connectivity index (χ2v) is 16.4. The number of benzene rings is 1. The molecule has 0 saturated carbocycles. The third kappa shape index (κ3) is 5.02. The van der Waals surface area contributed by atoms with E-state index in [-0.39, 0.29) is 5.67 Å². The molecule has 1 aromatic carbocycles. The number of carbonyl (C=O) groups is 1. The molecule has 1 atom stereocenters. The summed E-state index contributed by atoms with van der Waals surface area (Å²) in [6.45, 7) is 15.8. The van der Waals surface area contributed by atoms with Crippen LogP contribution in [0.1, 0.15) is 38.8 Å². The van der Waals surface area contributed by atoms with Gasteiger partial charge in [-0.1, -0.05) is 56.0 Å². The van der Waals surface area contributed by atoms with Gasteiger partial charge in [0.15, 0.2) is 0 Å². The lowest BCUT2D eigenvalue weighted by Crippen LogP contribution is -2.50. The van der Waals surface area contributed by atoms with Gasteiger partial charge in [-0.05, 0) is 56.5 Å². The monoisotopic (exact) mass is 473 g/mol. The third-order valence-electron chi connectivity index (χ3n) is 5.87. The maximum absolute atomic E-state index is 13.1. The molecule has 1 aliphatic heterocycles. The number of hydrogen-bond acceptors (Lipinski definition) is 4. The molecule has 0 N–H and O–H groups in total. The van der Waals surface area contributed by atoms with E-state index in [1.54, 1.807) is 10.8 Å². The van der Waals surface area contributed by atoms with Crippen molar-refractivity contribution in [2.45, 2.75) is 65.1 Å². The van der Waals surface area contributed by atoms with E-state index in [1.165, 1.54) is 16.7 Å². The summed E-state index contributed by atoms with van der Waals surface area (Å²) in [5.41, 5.74) is 5.07. The highest BCUT2D eigenvalue weighted by atomic mass is 28.3. The Morgan fingerprint density at radius 3 is 2.44 bits per heavy atom. The van der Waals surface area contributed by atoms with Crippen LogP contribution in [0.4, 0.5) is 4.79 Å². The second kappa shape index (κ2) is 8.91. The maximum Gasteiger partial charge on any atom is 0.420 e. The smallest absolute Gasteiger partial charge is 0.420 e. The van der Waals surface area contributed by atoms with Crippen molar-refractivity contribution in [1.82, 2.24) is 14.5 Å². The first kappa shape index (κ1) is 24.0. The van der Waals surface area contributed by atoms with E-state index in [2.05, 4.69) is 85.1 Å². The Morgan fingerprint density at radius 1 is 1.09 bits per heavy atom. The summed E-state index contributed by atoms with van der Waals surface area (Å²) in [6, 6.07) is 14.6. The SMILES string of the molecule is CC1=CN(Cc2ccccc2)C([Si](C)(C)C)C(c2cn(C(=O)OC(C)(C)C)c3ncccc23)=C1. The third-order valence-corrected chi connectivity index (χ3v) is 8.15. The molecule has 4 rings (SSSR count). The summed E-state index contributed by atoms with van der Waals surface area (Å²) in [7, 11) is -1.73. The molecule has 34 heavy (non-hydrogen) atoms. The predicted molar refractivity (Wildman–Crippen MR) is 142 cm³/mol. The Hall–Kier alpha value is -3.12. The zero-order valence-corrected chi connectivity index (χ0v) is 22.3. The number of aromatic nitrogens is 2. The molecular formula is C28H35N3O2Si. The molecular weight excluding hydrogens is 438 g/mol. The first-order chi connectivity index (χ1) is 15.9. The van der Waals surface area contributed by atoms with Gasteiger partial charge in [0.2, 0.25) is 0 Å². The standard InChI is InChI=1S/C28H35N3O2Si/c1-20-16-23(26(34(5,6)7)30(17-20)18-21-12-9-8-10-13-21)24-19-31(27(32)33-28(2,3)4)25-22(24)14-11-15-29-25/h8-17,19,26H,18H2,1-7H3. The number of pyridine rings is 1. The summed E-state index contributed by atoms with van der Waals surface area (Å²) in [6.07, 6.45) is 7.81. The molecule has 3 heterocycles. The van der Waals surface area contributed by atoms with Gasteiger partial charge >= 0.3 is 6.09 Å². The largest absolute Gasteiger partial charge is 0.443 e. The van der Waals surface area contributed by atoms with Crippen LogP contribution in [0.2, 0.25) is 19.6 Å². The van der Waals surface area contributed by atoms with E-state index < -0.39 is 19.8 Å². The lowest BCUT2D eigenvalue weighted by atomic mass is 9.99. The zero-order valence-electron chi connectivity index (χ0n) is 21.3. The summed E-state index contributed by atoms with van der Waals surface area (Å²) in [5, 5.41) is 0.970. The van der Waals surface area contributed by atoms with Crippen molar-refractivity contribution in [3.8, 4) is 0 Å². The Kier molecular flexibility index (Phi) is 6.29. The summed E-state index contributed by atoms with van der Waals surface area (Å²) in [4.78, 5) is 20.1. The van der Waals surface area contributed by atoms with Gasteiger partial charge in [0.05, 0.1) is 8.07 Å². The van der Waals surface area contributed by atoms with Crippen LogP contribution in [-0.2, 0) is 11.3 Å². The van der Waals surface area contributed by atoms with Gasteiger partial charge in [0.25, 0.3) is 0 Å². The van der Waals surface area contributed by atoms with Crippen LogP contribution in [0.25, 0.3) is 16.6 Å². The number of fused-ring (bicyclic) bond motifs is 1. The highest BCUT2D eigenvalue weighted by Crippen LogP contribution is 2.38. The Bertz CT molecular complexity index is 1260. The molecule has 0 saturated heterocycles. The van der Waals surface area contributed by atoms with Gasteiger partial charge in [0, 0.05) is 41.8 Å². The van der Waals surface area contributed by atoms with Crippen molar-refractivity contribution in [1.29, 1.82) is 0 Å². The van der Waals surface area contributed by atoms with E-state index >= 15 is 0 Å². The number of carbonyl (C=O) groups excluding carboxylic acids is 1. The molecule has 0 amide bonds. The Labute approximate surface area is 203 Å². The zero-order chi connectivity index (χ0) is 24.7. The van der Waals surface area contributed by atoms with Crippen LogP contribution in [0.3, 0.4) is 0 Å². The molecule has 2 aromatic heterocycles. The molecule has 0 bridgehead atoms. The average Bonchev–Trinajstić information content (AvgIpc) is 3.12. The minimum Gasteiger partial charge on any atom is -0.443 e. The first-order valence-electron chi connectivity index (χ1n) is 11.8. The number of nitrogens with zero attached hydrogens (tertiary/aromatic N) is 3. The molecule has 1 aliphatic rings. The van der Waals surface area contributed by atoms with Crippen LogP contribution in [0.15, 0.2) is 72.7 Å². The second-order valence-electron chi connectivity index (χ2n) is 11.2. The molecule has 0 radical (unpaired) electrons. The minimum atomic E-state index is -1.73. The minimum absolute atomic E-state index is 0.245. The quantitative estimate of drug-likeness (QED) is 0.388. The highest BCUT2D eigenvalue weighted by molar-refractivity contribution is 6.79. The normalized spacial score (nSPS) is 16.9. The van der Waals surface area contributed by atoms with Crippen molar-refractivity contribution in [2.24, 2.45) is 0 Å². The van der Waals surface area contributed by atoms with Crippen molar-refractivity contribution in [3.05, 3.63) is 83.8 Å². The molecule has 0 aliphatic carbocycles. The van der Waals surface area contributed by atoms with Crippen molar-refractivity contribution >= 4 is 30.8 Å². The maximum atomic E-state index is 13.1. The van der Waals surface area contributed by atoms with Crippen LogP contribution >= 0.6 is 0 Å². The van der Waals surface area contributed by atoms with Gasteiger partial charge in [-0.15, -0.1) is 0 Å².